The van der Waals surface area contributed by atoms with Gasteiger partial charge in [-0.2, -0.15) is 5.10 Å². The molecule has 0 aliphatic carbocycles. The summed E-state index contributed by atoms with van der Waals surface area (Å²) in [6.45, 7) is 4.90. The predicted octanol–water partition coefficient (Wildman–Crippen LogP) is 1.13. The highest BCUT2D eigenvalue weighted by molar-refractivity contribution is 5.83. The van der Waals surface area contributed by atoms with Crippen LogP contribution in [0.1, 0.15) is 31.3 Å². The van der Waals surface area contributed by atoms with E-state index in [1.165, 1.54) is 0 Å². The summed E-state index contributed by atoms with van der Waals surface area (Å²) in [5.41, 5.74) is 1.66. The molecular weight excluding hydrogens is 306 g/mol. The lowest BCUT2D eigenvalue weighted by Gasteiger charge is -2.34. The Morgan fingerprint density at radius 2 is 2.12 bits per heavy atom. The van der Waals surface area contributed by atoms with Gasteiger partial charge in [0.2, 0.25) is 11.8 Å². The summed E-state index contributed by atoms with van der Waals surface area (Å²) in [5.74, 6) is -0.214. The topological polar surface area (TPSA) is 80.1 Å². The molecule has 126 valence electrons. The summed E-state index contributed by atoms with van der Waals surface area (Å²) >= 11 is 0. The van der Waals surface area contributed by atoms with E-state index in [4.69, 9.17) is 0 Å². The van der Waals surface area contributed by atoms with Gasteiger partial charge in [0.1, 0.15) is 6.04 Å². The highest BCUT2D eigenvalue weighted by atomic mass is 16.2. The number of nitrogens with one attached hydrogen (secondary N) is 1. The Balaban J connectivity index is 1.73. The number of amides is 2. The van der Waals surface area contributed by atoms with E-state index in [9.17, 15) is 9.59 Å². The molecule has 0 saturated heterocycles. The smallest absolute Gasteiger partial charge is 0.247 e. The summed E-state index contributed by atoms with van der Waals surface area (Å²) in [6, 6.07) is 6.89. The van der Waals surface area contributed by atoms with Crippen molar-refractivity contribution >= 4 is 11.8 Å². The monoisotopic (exact) mass is 327 g/mol. The van der Waals surface area contributed by atoms with Gasteiger partial charge in [0.25, 0.3) is 0 Å². The second-order valence-corrected chi connectivity index (χ2v) is 6.20. The van der Waals surface area contributed by atoms with E-state index in [1.807, 2.05) is 38.1 Å². The Morgan fingerprint density at radius 3 is 2.83 bits per heavy atom. The summed E-state index contributed by atoms with van der Waals surface area (Å²) < 4.78 is 1.71. The van der Waals surface area contributed by atoms with Crippen molar-refractivity contribution in [2.75, 3.05) is 6.54 Å². The molecule has 1 atom stereocenters. The molecule has 1 aliphatic heterocycles. The third-order valence-corrected chi connectivity index (χ3v) is 4.07. The molecule has 3 rings (SSSR count). The number of fused-ring (bicyclic) bond motifs is 1. The van der Waals surface area contributed by atoms with Gasteiger partial charge in [-0.15, -0.1) is 0 Å². The minimum atomic E-state index is -0.518. The maximum absolute atomic E-state index is 12.6. The number of pyridine rings is 1. The van der Waals surface area contributed by atoms with Crippen molar-refractivity contribution < 1.29 is 9.59 Å². The van der Waals surface area contributed by atoms with Gasteiger partial charge in [-0.05, 0) is 18.2 Å². The molecule has 2 aromatic rings. The molecule has 0 aromatic carbocycles. The van der Waals surface area contributed by atoms with Crippen LogP contribution in [0.4, 0.5) is 0 Å². The zero-order chi connectivity index (χ0) is 17.1. The maximum atomic E-state index is 12.6. The maximum Gasteiger partial charge on any atom is 0.247 e. The van der Waals surface area contributed by atoms with Crippen LogP contribution < -0.4 is 5.32 Å². The highest BCUT2D eigenvalue weighted by Gasteiger charge is 2.33. The Morgan fingerprint density at radius 1 is 1.29 bits per heavy atom. The Labute approximate surface area is 140 Å². The molecule has 7 heteroatoms. The largest absolute Gasteiger partial charge is 0.349 e. The highest BCUT2D eigenvalue weighted by Crippen LogP contribution is 2.22. The molecule has 0 bridgehead atoms. The van der Waals surface area contributed by atoms with Crippen LogP contribution in [0.15, 0.2) is 36.7 Å². The predicted molar refractivity (Wildman–Crippen MR) is 87.6 cm³/mol. The van der Waals surface area contributed by atoms with Crippen LogP contribution >= 0.6 is 0 Å². The van der Waals surface area contributed by atoms with Crippen LogP contribution in [-0.4, -0.2) is 38.0 Å². The van der Waals surface area contributed by atoms with Gasteiger partial charge in [0, 0.05) is 18.3 Å². The summed E-state index contributed by atoms with van der Waals surface area (Å²) in [5, 5.41) is 7.14. The molecule has 0 spiro atoms. The lowest BCUT2D eigenvalue weighted by Crippen LogP contribution is -2.48. The van der Waals surface area contributed by atoms with Crippen LogP contribution in [0.5, 0.6) is 0 Å². The van der Waals surface area contributed by atoms with Crippen LogP contribution in [0.2, 0.25) is 0 Å². The SMILES string of the molecule is CC(C)C(=O)N1Cc2ccnn2C(C(=O)NCc2ccccn2)C1. The lowest BCUT2D eigenvalue weighted by molar-refractivity contribution is -0.138. The zero-order valence-electron chi connectivity index (χ0n) is 13.8. The first-order valence-corrected chi connectivity index (χ1v) is 8.05. The van der Waals surface area contributed by atoms with Gasteiger partial charge in [-0.3, -0.25) is 19.3 Å². The quantitative estimate of drug-likeness (QED) is 0.913. The number of rotatable bonds is 4. The van der Waals surface area contributed by atoms with Crippen molar-refractivity contribution in [2.45, 2.75) is 33.0 Å². The molecule has 24 heavy (non-hydrogen) atoms. The van der Waals surface area contributed by atoms with Crippen molar-refractivity contribution in [3.05, 3.63) is 48.0 Å². The van der Waals surface area contributed by atoms with Gasteiger partial charge >= 0.3 is 0 Å². The first-order chi connectivity index (χ1) is 11.6. The van der Waals surface area contributed by atoms with Crippen molar-refractivity contribution in [3.8, 4) is 0 Å². The fourth-order valence-corrected chi connectivity index (χ4v) is 2.82. The molecule has 0 radical (unpaired) electrons. The second-order valence-electron chi connectivity index (χ2n) is 6.20. The molecule has 1 unspecified atom stereocenters. The van der Waals surface area contributed by atoms with Gasteiger partial charge in [-0.1, -0.05) is 19.9 Å². The molecule has 7 nitrogen and oxygen atoms in total. The number of aromatic nitrogens is 3. The summed E-state index contributed by atoms with van der Waals surface area (Å²) in [6.07, 6.45) is 3.36. The second kappa shape index (κ2) is 6.82. The molecule has 2 aromatic heterocycles. The van der Waals surface area contributed by atoms with Crippen molar-refractivity contribution in [1.29, 1.82) is 0 Å². The number of carbonyl (C=O) groups excluding carboxylic acids is 2. The minimum absolute atomic E-state index is 0.0463. The molecular formula is C17H21N5O2. The van der Waals surface area contributed by atoms with Crippen LogP contribution in [0.25, 0.3) is 0 Å². The lowest BCUT2D eigenvalue weighted by atomic mass is 10.1. The minimum Gasteiger partial charge on any atom is -0.349 e. The third kappa shape index (κ3) is 3.29. The fraction of sp³-hybridized carbons (Fsp3) is 0.412. The van der Waals surface area contributed by atoms with Gasteiger partial charge in [0.05, 0.1) is 31.0 Å². The molecule has 0 fully saturated rings. The number of carbonyl (C=O) groups is 2. The normalized spacial score (nSPS) is 16.8. The Kier molecular flexibility index (Phi) is 4.59. The third-order valence-electron chi connectivity index (χ3n) is 4.07. The average molecular weight is 327 g/mol. The van der Waals surface area contributed by atoms with E-state index >= 15 is 0 Å². The van der Waals surface area contributed by atoms with Crippen LogP contribution in [0, 0.1) is 5.92 Å². The molecule has 1 N–H and O–H groups in total. The summed E-state index contributed by atoms with van der Waals surface area (Å²) in [7, 11) is 0. The fourth-order valence-electron chi connectivity index (χ4n) is 2.82. The van der Waals surface area contributed by atoms with Gasteiger partial charge in [-0.25, -0.2) is 0 Å². The number of nitrogens with zero attached hydrogens (tertiary/aromatic N) is 4. The molecule has 0 saturated carbocycles. The average Bonchev–Trinajstić information content (AvgIpc) is 3.07. The van der Waals surface area contributed by atoms with E-state index < -0.39 is 6.04 Å². The molecule has 3 heterocycles. The van der Waals surface area contributed by atoms with E-state index in [-0.39, 0.29) is 17.7 Å². The van der Waals surface area contributed by atoms with Crippen LogP contribution in [0.3, 0.4) is 0 Å². The summed E-state index contributed by atoms with van der Waals surface area (Å²) in [4.78, 5) is 30.9. The number of hydrogen-bond donors (Lipinski definition) is 1. The Bertz CT molecular complexity index is 726. The van der Waals surface area contributed by atoms with Gasteiger partial charge < -0.3 is 10.2 Å². The van der Waals surface area contributed by atoms with E-state index in [0.29, 0.717) is 19.6 Å². The van der Waals surface area contributed by atoms with Crippen LogP contribution in [-0.2, 0) is 22.7 Å². The standard InChI is InChI=1S/C17H21N5O2/c1-12(2)17(24)21-10-14-6-8-20-22(14)15(11-21)16(23)19-9-13-5-3-4-7-18-13/h3-8,12,15H,9-11H2,1-2H3,(H,19,23). The van der Waals surface area contributed by atoms with Crippen molar-refractivity contribution in [1.82, 2.24) is 25.0 Å². The molecule has 2 amide bonds. The van der Waals surface area contributed by atoms with E-state index in [1.54, 1.807) is 22.0 Å². The zero-order valence-corrected chi connectivity index (χ0v) is 13.8. The molecule has 1 aliphatic rings. The number of hydrogen-bond acceptors (Lipinski definition) is 4. The Hall–Kier alpha value is -2.70. The van der Waals surface area contributed by atoms with Crippen molar-refractivity contribution in [3.63, 3.8) is 0 Å². The van der Waals surface area contributed by atoms with Crippen molar-refractivity contribution in [2.24, 2.45) is 5.92 Å². The van der Waals surface area contributed by atoms with Gasteiger partial charge in [0.15, 0.2) is 0 Å². The van der Waals surface area contributed by atoms with E-state index in [0.717, 1.165) is 11.4 Å². The first kappa shape index (κ1) is 16.2. The first-order valence-electron chi connectivity index (χ1n) is 8.05. The van der Waals surface area contributed by atoms with E-state index in [2.05, 4.69) is 15.4 Å².